The Balaban J connectivity index is 2.71. The number of aryl methyl sites for hydroxylation is 1. The van der Waals surface area contributed by atoms with E-state index in [1.807, 2.05) is 0 Å². The van der Waals surface area contributed by atoms with Crippen molar-refractivity contribution in [1.29, 1.82) is 0 Å². The minimum absolute atomic E-state index is 0.0516. The summed E-state index contributed by atoms with van der Waals surface area (Å²) in [7, 11) is 1.24. The van der Waals surface area contributed by atoms with Gasteiger partial charge in [0, 0.05) is 18.3 Å². The number of halogens is 4. The van der Waals surface area contributed by atoms with Gasteiger partial charge >= 0.3 is 6.18 Å². The van der Waals surface area contributed by atoms with Crippen LogP contribution in [0.3, 0.4) is 0 Å². The van der Waals surface area contributed by atoms with Crippen molar-refractivity contribution in [2.24, 2.45) is 0 Å². The summed E-state index contributed by atoms with van der Waals surface area (Å²) < 4.78 is 59.1. The van der Waals surface area contributed by atoms with Crippen LogP contribution in [0.1, 0.15) is 29.9 Å². The lowest BCUT2D eigenvalue weighted by atomic mass is 10.1. The van der Waals surface area contributed by atoms with Gasteiger partial charge in [-0.15, -0.1) is 0 Å². The fourth-order valence-electron chi connectivity index (χ4n) is 2.16. The summed E-state index contributed by atoms with van der Waals surface area (Å²) in [6, 6.07) is 2.24. The number of alkyl halides is 3. The van der Waals surface area contributed by atoms with Crippen LogP contribution in [0.25, 0.3) is 11.4 Å². The highest BCUT2D eigenvalue weighted by Gasteiger charge is 2.35. The van der Waals surface area contributed by atoms with E-state index in [-0.39, 0.29) is 35.0 Å². The highest BCUT2D eigenvalue weighted by Crippen LogP contribution is 2.36. The van der Waals surface area contributed by atoms with E-state index in [0.29, 0.717) is 0 Å². The van der Waals surface area contributed by atoms with Crippen LogP contribution < -0.4 is 4.74 Å². The van der Waals surface area contributed by atoms with E-state index in [1.165, 1.54) is 24.7 Å². The topological polar surface area (TPSA) is 44.1 Å². The predicted molar refractivity (Wildman–Crippen MR) is 74.9 cm³/mol. The first kappa shape index (κ1) is 17.0. The molecule has 0 amide bonds. The highest BCUT2D eigenvalue weighted by atomic mass is 19.4. The Morgan fingerprint density at radius 3 is 2.48 bits per heavy atom. The molecule has 124 valence electrons. The largest absolute Gasteiger partial charge is 0.496 e. The van der Waals surface area contributed by atoms with Gasteiger partial charge in [-0.1, -0.05) is 0 Å². The van der Waals surface area contributed by atoms with Crippen molar-refractivity contribution in [3.8, 4) is 17.1 Å². The molecule has 0 saturated carbocycles. The molecule has 0 aliphatic rings. The number of benzene rings is 1. The number of nitrogens with zero attached hydrogens (tertiary/aromatic N) is 2. The lowest BCUT2D eigenvalue weighted by Gasteiger charge is -2.12. The molecule has 0 spiro atoms. The van der Waals surface area contributed by atoms with Gasteiger partial charge in [-0.2, -0.15) is 13.2 Å². The third-order valence-electron chi connectivity index (χ3n) is 3.31. The normalized spacial score (nSPS) is 11.6. The first-order chi connectivity index (χ1) is 10.7. The molecule has 1 heterocycles. The van der Waals surface area contributed by atoms with E-state index in [4.69, 9.17) is 4.74 Å². The summed E-state index contributed by atoms with van der Waals surface area (Å²) in [4.78, 5) is 14.9. The Bertz CT molecular complexity index is 751. The van der Waals surface area contributed by atoms with E-state index in [9.17, 15) is 22.4 Å². The molecule has 23 heavy (non-hydrogen) atoms. The number of hydrogen-bond donors (Lipinski definition) is 0. The minimum atomic E-state index is -4.64. The number of Topliss-reactive ketones (excluding diaryl/α,β-unsaturated/α-hetero) is 1. The minimum Gasteiger partial charge on any atom is -0.496 e. The fourth-order valence-corrected chi connectivity index (χ4v) is 2.16. The Morgan fingerprint density at radius 1 is 1.35 bits per heavy atom. The van der Waals surface area contributed by atoms with Gasteiger partial charge in [0.2, 0.25) is 0 Å². The summed E-state index contributed by atoms with van der Waals surface area (Å²) in [6.07, 6.45) is -3.83. The van der Waals surface area contributed by atoms with Crippen molar-refractivity contribution in [3.05, 3.63) is 35.4 Å². The molecular formula is C15H14F4N2O2. The summed E-state index contributed by atoms with van der Waals surface area (Å²) in [5.74, 6) is -1.51. The number of rotatable bonds is 4. The van der Waals surface area contributed by atoms with Crippen LogP contribution in [0.15, 0.2) is 18.3 Å². The molecule has 0 radical (unpaired) electrons. The van der Waals surface area contributed by atoms with Crippen molar-refractivity contribution in [1.82, 2.24) is 9.55 Å². The van der Waals surface area contributed by atoms with Crippen LogP contribution in [0.5, 0.6) is 5.75 Å². The molecule has 0 unspecified atom stereocenters. The number of imidazole rings is 1. The van der Waals surface area contributed by atoms with Gasteiger partial charge in [0.25, 0.3) is 0 Å². The second-order valence-corrected chi connectivity index (χ2v) is 4.83. The van der Waals surface area contributed by atoms with E-state index in [0.717, 1.165) is 12.3 Å². The molecule has 2 aromatic rings. The van der Waals surface area contributed by atoms with Gasteiger partial charge in [-0.25, -0.2) is 9.37 Å². The molecule has 0 aliphatic carbocycles. The third kappa shape index (κ3) is 3.20. The fraction of sp³-hybridized carbons (Fsp3) is 0.333. The average molecular weight is 330 g/mol. The molecule has 0 atom stereocenters. The first-order valence-corrected chi connectivity index (χ1v) is 6.72. The SMILES string of the molecule is CCn1cc(C(F)(F)F)nc1-c1c(F)cc(C(C)=O)cc1OC. The molecule has 0 bridgehead atoms. The molecule has 0 saturated heterocycles. The molecule has 2 rings (SSSR count). The Kier molecular flexibility index (Phi) is 4.44. The lowest BCUT2D eigenvalue weighted by Crippen LogP contribution is -2.05. The number of methoxy groups -OCH3 is 1. The zero-order valence-corrected chi connectivity index (χ0v) is 12.7. The van der Waals surface area contributed by atoms with Crippen molar-refractivity contribution in [2.45, 2.75) is 26.6 Å². The van der Waals surface area contributed by atoms with Gasteiger partial charge in [0.15, 0.2) is 11.5 Å². The van der Waals surface area contributed by atoms with E-state index in [2.05, 4.69) is 4.98 Å². The van der Waals surface area contributed by atoms with Gasteiger partial charge in [-0.3, -0.25) is 4.79 Å². The predicted octanol–water partition coefficient (Wildman–Crippen LogP) is 3.94. The smallest absolute Gasteiger partial charge is 0.434 e. The van der Waals surface area contributed by atoms with Crippen LogP contribution in [0.4, 0.5) is 17.6 Å². The summed E-state index contributed by atoms with van der Waals surface area (Å²) in [5, 5.41) is 0. The summed E-state index contributed by atoms with van der Waals surface area (Å²) >= 11 is 0. The van der Waals surface area contributed by atoms with Crippen molar-refractivity contribution in [3.63, 3.8) is 0 Å². The molecule has 0 N–H and O–H groups in total. The van der Waals surface area contributed by atoms with E-state index in [1.54, 1.807) is 6.92 Å². The second-order valence-electron chi connectivity index (χ2n) is 4.83. The van der Waals surface area contributed by atoms with E-state index >= 15 is 0 Å². The molecular weight excluding hydrogens is 316 g/mol. The maximum atomic E-state index is 14.4. The van der Waals surface area contributed by atoms with Gasteiger partial charge in [0.1, 0.15) is 17.4 Å². The lowest BCUT2D eigenvalue weighted by molar-refractivity contribution is -0.140. The maximum Gasteiger partial charge on any atom is 0.434 e. The highest BCUT2D eigenvalue weighted by molar-refractivity contribution is 5.95. The molecule has 0 fully saturated rings. The molecule has 1 aromatic carbocycles. The van der Waals surface area contributed by atoms with Crippen LogP contribution in [-0.4, -0.2) is 22.4 Å². The zero-order chi connectivity index (χ0) is 17.4. The number of hydrogen-bond acceptors (Lipinski definition) is 3. The Labute approximate surface area is 129 Å². The van der Waals surface area contributed by atoms with Crippen molar-refractivity contribution >= 4 is 5.78 Å². The quantitative estimate of drug-likeness (QED) is 0.630. The van der Waals surface area contributed by atoms with Crippen molar-refractivity contribution in [2.75, 3.05) is 7.11 Å². The monoisotopic (exact) mass is 330 g/mol. The molecule has 8 heteroatoms. The number of ketones is 1. The summed E-state index contributed by atoms with van der Waals surface area (Å²) in [6.45, 7) is 3.03. The van der Waals surface area contributed by atoms with Gasteiger partial charge in [-0.05, 0) is 26.0 Å². The van der Waals surface area contributed by atoms with Crippen LogP contribution >= 0.6 is 0 Å². The Hall–Kier alpha value is -2.38. The van der Waals surface area contributed by atoms with Gasteiger partial charge < -0.3 is 9.30 Å². The average Bonchev–Trinajstić information content (AvgIpc) is 2.89. The maximum absolute atomic E-state index is 14.4. The number of aromatic nitrogens is 2. The number of carbonyl (C=O) groups is 1. The molecule has 1 aromatic heterocycles. The van der Waals surface area contributed by atoms with E-state index < -0.39 is 17.7 Å². The third-order valence-corrected chi connectivity index (χ3v) is 3.31. The van der Waals surface area contributed by atoms with Crippen LogP contribution in [0, 0.1) is 5.82 Å². The summed E-state index contributed by atoms with van der Waals surface area (Å²) in [5.41, 5.74) is -1.27. The molecule has 0 aliphatic heterocycles. The van der Waals surface area contributed by atoms with Crippen LogP contribution in [0.2, 0.25) is 0 Å². The van der Waals surface area contributed by atoms with Crippen LogP contribution in [-0.2, 0) is 12.7 Å². The number of ether oxygens (including phenoxy) is 1. The standard InChI is InChI=1S/C15H14F4N2O2/c1-4-21-7-12(15(17,18)19)20-14(21)13-10(16)5-9(8(2)22)6-11(13)23-3/h5-7H,4H2,1-3H3. The van der Waals surface area contributed by atoms with Gasteiger partial charge in [0.05, 0.1) is 12.7 Å². The number of carbonyl (C=O) groups excluding carboxylic acids is 1. The zero-order valence-electron chi connectivity index (χ0n) is 12.7. The first-order valence-electron chi connectivity index (χ1n) is 6.72. The second kappa shape index (κ2) is 6.02. The van der Waals surface area contributed by atoms with Crippen molar-refractivity contribution < 1.29 is 27.1 Å². The Morgan fingerprint density at radius 2 is 2.00 bits per heavy atom. The molecule has 4 nitrogen and oxygen atoms in total.